The number of amides is 6. The number of rotatable bonds is 13. The number of carbonyl (C=O) groups excluding carboxylic acids is 6. The quantitative estimate of drug-likeness (QED) is 0.142. The average molecular weight is 890 g/mol. The number of hydrogen-bond donors (Lipinski definition) is 6. The molecule has 0 aromatic heterocycles. The Morgan fingerprint density at radius 1 is 0.641 bits per heavy atom. The highest BCUT2D eigenvalue weighted by Gasteiger charge is 2.47. The van der Waals surface area contributed by atoms with E-state index >= 15 is 0 Å². The molecule has 17 nitrogen and oxygen atoms in total. The Balaban J connectivity index is 1.26. The number of anilines is 3. The zero-order valence-electron chi connectivity index (χ0n) is 37.5. The third-order valence-corrected chi connectivity index (χ3v) is 11.3. The van der Waals surface area contributed by atoms with Crippen LogP contribution in [0.2, 0.25) is 0 Å². The van der Waals surface area contributed by atoms with E-state index in [0.29, 0.717) is 24.5 Å². The molecule has 3 aromatic rings. The first-order valence-electron chi connectivity index (χ1n) is 21.1. The maximum absolute atomic E-state index is 14.0. The molecule has 64 heavy (non-hydrogen) atoms. The van der Waals surface area contributed by atoms with Crippen molar-refractivity contribution in [3.63, 3.8) is 0 Å². The summed E-state index contributed by atoms with van der Waals surface area (Å²) in [5.41, 5.74) is 1.81. The highest BCUT2D eigenvalue weighted by Crippen LogP contribution is 2.30. The van der Waals surface area contributed by atoms with Crippen molar-refractivity contribution in [2.45, 2.75) is 104 Å². The van der Waals surface area contributed by atoms with Crippen LogP contribution in [0.5, 0.6) is 0 Å². The number of aliphatic hydroxyl groups is 2. The van der Waals surface area contributed by atoms with Gasteiger partial charge in [-0.2, -0.15) is 0 Å². The van der Waals surface area contributed by atoms with Gasteiger partial charge in [-0.25, -0.2) is 14.0 Å². The lowest BCUT2D eigenvalue weighted by Gasteiger charge is -2.35. The molecule has 0 spiro atoms. The second-order valence-electron chi connectivity index (χ2n) is 18.2. The summed E-state index contributed by atoms with van der Waals surface area (Å²) in [6, 6.07) is 15.7. The number of nitrogens with zero attached hydrogens (tertiary/aromatic N) is 3. The number of halogens is 1. The van der Waals surface area contributed by atoms with Crippen LogP contribution in [-0.4, -0.2) is 120 Å². The van der Waals surface area contributed by atoms with Crippen molar-refractivity contribution in [3.05, 3.63) is 89.7 Å². The lowest BCUT2D eigenvalue weighted by Crippen LogP contribution is -2.58. The first kappa shape index (κ1) is 48.8. The summed E-state index contributed by atoms with van der Waals surface area (Å²) in [7, 11) is 2.38. The molecule has 6 amide bonds. The Morgan fingerprint density at radius 2 is 1.00 bits per heavy atom. The highest BCUT2D eigenvalue weighted by atomic mass is 19.1. The van der Waals surface area contributed by atoms with Crippen molar-refractivity contribution < 1.29 is 52.8 Å². The first-order chi connectivity index (χ1) is 30.1. The van der Waals surface area contributed by atoms with E-state index in [1.54, 1.807) is 77.9 Å². The number of ether oxygens (including phenoxy) is 2. The van der Waals surface area contributed by atoms with Crippen molar-refractivity contribution in [2.24, 2.45) is 10.8 Å². The summed E-state index contributed by atoms with van der Waals surface area (Å²) >= 11 is 0. The van der Waals surface area contributed by atoms with Crippen molar-refractivity contribution in [1.82, 2.24) is 20.4 Å². The molecule has 0 aliphatic carbocycles. The average Bonchev–Trinajstić information content (AvgIpc) is 3.83. The number of likely N-dealkylation sites (tertiary alicyclic amines) is 2. The number of aliphatic hydroxyl groups excluding tert-OH is 2. The predicted molar refractivity (Wildman–Crippen MR) is 236 cm³/mol. The maximum atomic E-state index is 14.0. The van der Waals surface area contributed by atoms with Crippen LogP contribution >= 0.6 is 0 Å². The molecule has 3 aromatic carbocycles. The van der Waals surface area contributed by atoms with Gasteiger partial charge in [0, 0.05) is 43.2 Å². The monoisotopic (exact) mass is 889 g/mol. The van der Waals surface area contributed by atoms with Gasteiger partial charge in [0.05, 0.1) is 26.4 Å². The SMILES string of the molecule is COC(=O)NC(C(=O)N1CCC(O)[C@H]1C(=O)Nc1ccc(CN(Cc2ccc(NC(=O)C3[C@@H](O)CCN3C(=O)[C@@H](NC(=O)OC)C(C)(C)C)cc2)c2ccc(F)cc2)cc1)C(C)(C)C. The molecule has 346 valence electrons. The summed E-state index contributed by atoms with van der Waals surface area (Å²) in [4.78, 5) is 83.3. The van der Waals surface area contributed by atoms with Crippen molar-refractivity contribution in [3.8, 4) is 0 Å². The van der Waals surface area contributed by atoms with E-state index in [1.165, 1.54) is 36.2 Å². The summed E-state index contributed by atoms with van der Waals surface area (Å²) in [5.74, 6) is -2.60. The van der Waals surface area contributed by atoms with E-state index in [1.807, 2.05) is 29.2 Å². The Bertz CT molecular complexity index is 2010. The molecule has 0 bridgehead atoms. The molecule has 6 atom stereocenters. The van der Waals surface area contributed by atoms with E-state index in [9.17, 15) is 43.4 Å². The third kappa shape index (κ3) is 12.0. The highest BCUT2D eigenvalue weighted by molar-refractivity contribution is 6.00. The van der Waals surface area contributed by atoms with Crippen molar-refractivity contribution >= 4 is 52.9 Å². The lowest BCUT2D eigenvalue weighted by molar-refractivity contribution is -0.142. The number of methoxy groups -OCH3 is 2. The van der Waals surface area contributed by atoms with Crippen LogP contribution in [0.25, 0.3) is 0 Å². The standard InChI is InChI=1S/C46H60FN7O10/c1-45(2,3)37(50-43(61)63-7)41(59)53-23-21-33(55)35(53)39(57)48-30-15-9-27(10-16-30)25-52(32-19-13-29(47)14-20-32)26-28-11-17-31(18-12-28)49-40(58)36-34(56)22-24-54(36)42(60)38(46(4,5)6)51-44(62)64-8/h9-20,33-38,55-56H,21-26H2,1-8H3,(H,48,57)(H,49,58)(H,50,61)(H,51,62)/t33-,34?,35?,36-,37+,38?/m0/s1. The van der Waals surface area contributed by atoms with Gasteiger partial charge in [-0.05, 0) is 83.3 Å². The fourth-order valence-corrected chi connectivity index (χ4v) is 7.81. The Morgan fingerprint density at radius 3 is 1.33 bits per heavy atom. The van der Waals surface area contributed by atoms with Crippen molar-refractivity contribution in [2.75, 3.05) is 42.8 Å². The Kier molecular flexibility index (Phi) is 15.6. The molecule has 0 saturated carbocycles. The number of benzene rings is 3. The van der Waals surface area contributed by atoms with Crippen LogP contribution in [0.15, 0.2) is 72.8 Å². The lowest BCUT2D eigenvalue weighted by atomic mass is 9.85. The zero-order valence-corrected chi connectivity index (χ0v) is 37.5. The number of nitrogens with one attached hydrogen (secondary N) is 4. The molecule has 18 heteroatoms. The summed E-state index contributed by atoms with van der Waals surface area (Å²) in [6.07, 6.45) is -3.47. The van der Waals surface area contributed by atoms with Gasteiger partial charge in [0.15, 0.2) is 0 Å². The minimum absolute atomic E-state index is 0.117. The third-order valence-electron chi connectivity index (χ3n) is 11.3. The van der Waals surface area contributed by atoms with Gasteiger partial charge in [0.25, 0.3) is 0 Å². The van der Waals surface area contributed by atoms with E-state index in [4.69, 9.17) is 9.47 Å². The summed E-state index contributed by atoms with van der Waals surface area (Å²) in [6.45, 7) is 11.6. The fraction of sp³-hybridized carbons (Fsp3) is 0.478. The van der Waals surface area contributed by atoms with Crippen LogP contribution in [0.4, 0.5) is 31.0 Å². The molecule has 2 fully saturated rings. The van der Waals surface area contributed by atoms with Crippen LogP contribution in [-0.2, 0) is 41.7 Å². The van der Waals surface area contributed by atoms with Crippen LogP contribution < -0.4 is 26.2 Å². The Labute approximate surface area is 372 Å². The molecular weight excluding hydrogens is 830 g/mol. The first-order valence-corrected chi connectivity index (χ1v) is 21.1. The minimum atomic E-state index is -1.19. The molecular formula is C46H60FN7O10. The predicted octanol–water partition coefficient (Wildman–Crippen LogP) is 4.37. The molecule has 2 aliphatic heterocycles. The topological polar surface area (TPSA) is 219 Å². The van der Waals surface area contributed by atoms with Crippen LogP contribution in [0.1, 0.15) is 65.5 Å². The van der Waals surface area contributed by atoms with E-state index in [-0.39, 0.29) is 25.9 Å². The summed E-state index contributed by atoms with van der Waals surface area (Å²) < 4.78 is 23.4. The number of hydrogen-bond acceptors (Lipinski definition) is 11. The molecule has 5 rings (SSSR count). The van der Waals surface area contributed by atoms with Gasteiger partial charge >= 0.3 is 12.2 Å². The van der Waals surface area contributed by atoms with E-state index in [2.05, 4.69) is 21.3 Å². The molecule has 2 heterocycles. The largest absolute Gasteiger partial charge is 0.453 e. The van der Waals surface area contributed by atoms with Gasteiger partial charge < -0.3 is 55.7 Å². The zero-order chi connectivity index (χ0) is 47.1. The number of carbonyl (C=O) groups is 6. The normalized spacial score (nSPS) is 19.5. The van der Waals surface area contributed by atoms with Gasteiger partial charge in [0.1, 0.15) is 30.0 Å². The maximum Gasteiger partial charge on any atom is 0.407 e. The van der Waals surface area contributed by atoms with Crippen LogP contribution in [0, 0.1) is 16.6 Å². The second kappa shape index (κ2) is 20.5. The molecule has 2 saturated heterocycles. The Hall–Kier alpha value is -6.27. The van der Waals surface area contributed by atoms with Crippen molar-refractivity contribution in [1.29, 1.82) is 0 Å². The van der Waals surface area contributed by atoms with E-state index in [0.717, 1.165) is 16.8 Å². The number of alkyl carbamates (subject to hydrolysis) is 2. The van der Waals surface area contributed by atoms with E-state index < -0.39 is 88.8 Å². The minimum Gasteiger partial charge on any atom is -0.453 e. The van der Waals surface area contributed by atoms with Gasteiger partial charge in [-0.1, -0.05) is 65.8 Å². The molecule has 0 radical (unpaired) electrons. The van der Waals surface area contributed by atoms with Gasteiger partial charge in [-0.3, -0.25) is 19.2 Å². The molecule has 3 unspecified atom stereocenters. The fourth-order valence-electron chi connectivity index (χ4n) is 7.81. The van der Waals surface area contributed by atoms with Gasteiger partial charge in [-0.15, -0.1) is 0 Å². The smallest absolute Gasteiger partial charge is 0.407 e. The van der Waals surface area contributed by atoms with Gasteiger partial charge in [0.2, 0.25) is 23.6 Å². The molecule has 2 aliphatic rings. The van der Waals surface area contributed by atoms with Crippen LogP contribution in [0.3, 0.4) is 0 Å². The molecule has 6 N–H and O–H groups in total. The second-order valence-corrected chi connectivity index (χ2v) is 18.2. The summed E-state index contributed by atoms with van der Waals surface area (Å²) in [5, 5.41) is 32.4.